The minimum atomic E-state index is -0.0176. The van der Waals surface area contributed by atoms with Crippen molar-refractivity contribution in [1.82, 2.24) is 20.0 Å². The van der Waals surface area contributed by atoms with Gasteiger partial charge in [0, 0.05) is 42.8 Å². The van der Waals surface area contributed by atoms with Crippen LogP contribution in [0.3, 0.4) is 0 Å². The van der Waals surface area contributed by atoms with Gasteiger partial charge in [0.25, 0.3) is 0 Å². The van der Waals surface area contributed by atoms with E-state index in [9.17, 15) is 4.79 Å². The molecule has 0 amide bonds. The fourth-order valence-corrected chi connectivity index (χ4v) is 3.90. The lowest BCUT2D eigenvalue weighted by Crippen LogP contribution is -2.28. The van der Waals surface area contributed by atoms with Gasteiger partial charge in [-0.1, -0.05) is 23.4 Å². The molecule has 1 aliphatic rings. The zero-order chi connectivity index (χ0) is 21.2. The summed E-state index contributed by atoms with van der Waals surface area (Å²) in [6, 6.07) is 14.9. The highest BCUT2D eigenvalue weighted by atomic mass is 16.5. The summed E-state index contributed by atoms with van der Waals surface area (Å²) in [7, 11) is 1.63. The molecule has 1 aliphatic heterocycles. The van der Waals surface area contributed by atoms with Crippen molar-refractivity contribution in [1.29, 1.82) is 0 Å². The summed E-state index contributed by atoms with van der Waals surface area (Å²) >= 11 is 0. The van der Waals surface area contributed by atoms with Crippen molar-refractivity contribution < 1.29 is 9.47 Å². The van der Waals surface area contributed by atoms with Gasteiger partial charge in [-0.25, -0.2) is 4.68 Å². The van der Waals surface area contributed by atoms with E-state index in [0.717, 1.165) is 54.5 Å². The van der Waals surface area contributed by atoms with Crippen molar-refractivity contribution in [2.75, 3.05) is 38.3 Å². The normalized spacial score (nSPS) is 14.5. The molecule has 2 aromatic heterocycles. The first-order valence-corrected chi connectivity index (χ1v) is 10.3. The second-order valence-electron chi connectivity index (χ2n) is 7.45. The molecular weight excluding hydrogens is 394 g/mol. The number of para-hydroxylation sites is 1. The average molecular weight is 417 g/mol. The van der Waals surface area contributed by atoms with Gasteiger partial charge < -0.3 is 19.4 Å². The highest BCUT2D eigenvalue weighted by Gasteiger charge is 2.16. The van der Waals surface area contributed by atoms with E-state index < -0.39 is 0 Å². The molecule has 4 aromatic rings. The number of pyridine rings is 1. The third kappa shape index (κ3) is 3.77. The zero-order valence-corrected chi connectivity index (χ0v) is 17.2. The van der Waals surface area contributed by atoms with Gasteiger partial charge in [0.2, 0.25) is 0 Å². The minimum absolute atomic E-state index is 0.0176. The van der Waals surface area contributed by atoms with Crippen LogP contribution < -0.4 is 15.1 Å². The molecule has 0 radical (unpaired) electrons. The van der Waals surface area contributed by atoms with Gasteiger partial charge >= 0.3 is 0 Å². The number of ether oxygens (including phenoxy) is 2. The molecule has 1 fully saturated rings. The molecule has 5 rings (SSSR count). The van der Waals surface area contributed by atoms with Gasteiger partial charge in [-0.3, -0.25) is 4.79 Å². The topological polar surface area (TPSA) is 85.3 Å². The predicted octanol–water partition coefficient (Wildman–Crippen LogP) is 3.01. The van der Waals surface area contributed by atoms with Crippen LogP contribution in [0.4, 0.5) is 5.82 Å². The standard InChI is InChI=1S/C23H23N5O3/c1-30-17-6-2-5-16(13-17)28-15-20(25-26-28)18-7-3-8-19-21(29)14-22(24-23(18)19)27-9-4-11-31-12-10-27/h2-3,5-8,13-15H,4,9-12H2,1H3,(H,24,29). The van der Waals surface area contributed by atoms with E-state index in [1.165, 1.54) is 0 Å². The van der Waals surface area contributed by atoms with Gasteiger partial charge in [0.15, 0.2) is 5.43 Å². The predicted molar refractivity (Wildman–Crippen MR) is 119 cm³/mol. The molecule has 0 aliphatic carbocycles. The maximum atomic E-state index is 12.9. The Kier molecular flexibility index (Phi) is 5.13. The fraction of sp³-hybridized carbons (Fsp3) is 0.261. The largest absolute Gasteiger partial charge is 0.497 e. The number of methoxy groups -OCH3 is 1. The maximum absolute atomic E-state index is 12.9. The molecule has 0 atom stereocenters. The number of nitrogens with zero attached hydrogens (tertiary/aromatic N) is 4. The Hall–Kier alpha value is -3.65. The molecule has 31 heavy (non-hydrogen) atoms. The van der Waals surface area contributed by atoms with Gasteiger partial charge in [-0.2, -0.15) is 0 Å². The lowest BCUT2D eigenvalue weighted by Gasteiger charge is -2.22. The fourth-order valence-electron chi connectivity index (χ4n) is 3.90. The van der Waals surface area contributed by atoms with Crippen LogP contribution in [0.5, 0.6) is 5.75 Å². The molecule has 0 bridgehead atoms. The Bertz CT molecular complexity index is 1270. The van der Waals surface area contributed by atoms with E-state index in [0.29, 0.717) is 17.7 Å². The van der Waals surface area contributed by atoms with Gasteiger partial charge in [0.05, 0.1) is 31.1 Å². The SMILES string of the molecule is COc1cccc(-n2cc(-c3cccc4c(=O)cc(N5CCCOCC5)[nH]c34)nn2)c1. The summed E-state index contributed by atoms with van der Waals surface area (Å²) < 4.78 is 12.6. The Morgan fingerprint density at radius 1 is 1.10 bits per heavy atom. The number of anilines is 1. The molecule has 0 spiro atoms. The first-order chi connectivity index (χ1) is 15.2. The molecule has 0 saturated carbocycles. The van der Waals surface area contributed by atoms with Crippen molar-refractivity contribution in [2.24, 2.45) is 0 Å². The van der Waals surface area contributed by atoms with Gasteiger partial charge in [-0.15, -0.1) is 5.10 Å². The van der Waals surface area contributed by atoms with Crippen LogP contribution in [-0.4, -0.2) is 53.4 Å². The molecule has 158 valence electrons. The van der Waals surface area contributed by atoms with E-state index in [1.807, 2.05) is 48.7 Å². The van der Waals surface area contributed by atoms with Crippen molar-refractivity contribution in [2.45, 2.75) is 6.42 Å². The van der Waals surface area contributed by atoms with Crippen LogP contribution in [0.25, 0.3) is 27.8 Å². The number of nitrogens with one attached hydrogen (secondary N) is 1. The number of hydrogen-bond donors (Lipinski definition) is 1. The summed E-state index contributed by atoms with van der Waals surface area (Å²) in [4.78, 5) is 18.5. The highest BCUT2D eigenvalue weighted by molar-refractivity contribution is 5.93. The van der Waals surface area contributed by atoms with Crippen molar-refractivity contribution in [3.8, 4) is 22.7 Å². The Morgan fingerprint density at radius 3 is 2.90 bits per heavy atom. The summed E-state index contributed by atoms with van der Waals surface area (Å²) in [5, 5.41) is 9.28. The number of rotatable bonds is 4. The molecule has 8 nitrogen and oxygen atoms in total. The van der Waals surface area contributed by atoms with Crippen molar-refractivity contribution in [3.63, 3.8) is 0 Å². The zero-order valence-electron chi connectivity index (χ0n) is 17.2. The van der Waals surface area contributed by atoms with E-state index >= 15 is 0 Å². The molecule has 8 heteroatoms. The summed E-state index contributed by atoms with van der Waals surface area (Å²) in [5.41, 5.74) is 3.10. The number of aromatic amines is 1. The Balaban J connectivity index is 1.58. The molecule has 1 N–H and O–H groups in total. The van der Waals surface area contributed by atoms with Crippen LogP contribution in [-0.2, 0) is 4.74 Å². The second-order valence-corrected chi connectivity index (χ2v) is 7.45. The van der Waals surface area contributed by atoms with Gasteiger partial charge in [0.1, 0.15) is 17.3 Å². The molecule has 3 heterocycles. The van der Waals surface area contributed by atoms with Crippen LogP contribution in [0.1, 0.15) is 6.42 Å². The molecule has 1 saturated heterocycles. The average Bonchev–Trinajstić information content (AvgIpc) is 3.13. The second kappa shape index (κ2) is 8.23. The Labute approximate surface area is 179 Å². The quantitative estimate of drug-likeness (QED) is 0.549. The minimum Gasteiger partial charge on any atom is -0.497 e. The third-order valence-corrected chi connectivity index (χ3v) is 5.50. The van der Waals surface area contributed by atoms with Crippen LogP contribution >= 0.6 is 0 Å². The van der Waals surface area contributed by atoms with E-state index in [-0.39, 0.29) is 5.43 Å². The molecule has 0 unspecified atom stereocenters. The molecular formula is C23H23N5O3. The smallest absolute Gasteiger partial charge is 0.191 e. The lowest BCUT2D eigenvalue weighted by atomic mass is 10.1. The molecule has 2 aromatic carbocycles. The first kappa shape index (κ1) is 19.3. The van der Waals surface area contributed by atoms with E-state index in [2.05, 4.69) is 20.2 Å². The van der Waals surface area contributed by atoms with Crippen LogP contribution in [0.2, 0.25) is 0 Å². The lowest BCUT2D eigenvalue weighted by molar-refractivity contribution is 0.152. The number of aromatic nitrogens is 4. The maximum Gasteiger partial charge on any atom is 0.191 e. The van der Waals surface area contributed by atoms with E-state index in [4.69, 9.17) is 9.47 Å². The van der Waals surface area contributed by atoms with Crippen LogP contribution in [0, 0.1) is 0 Å². The number of benzene rings is 2. The van der Waals surface area contributed by atoms with E-state index in [1.54, 1.807) is 17.9 Å². The summed E-state index contributed by atoms with van der Waals surface area (Å²) in [6.45, 7) is 2.98. The number of hydrogen-bond acceptors (Lipinski definition) is 6. The van der Waals surface area contributed by atoms with Gasteiger partial charge in [-0.05, 0) is 24.6 Å². The Morgan fingerprint density at radius 2 is 2.00 bits per heavy atom. The first-order valence-electron chi connectivity index (χ1n) is 10.3. The highest BCUT2D eigenvalue weighted by Crippen LogP contribution is 2.27. The monoisotopic (exact) mass is 417 g/mol. The van der Waals surface area contributed by atoms with Crippen LogP contribution in [0.15, 0.2) is 59.5 Å². The number of fused-ring (bicyclic) bond motifs is 1. The van der Waals surface area contributed by atoms with Crippen molar-refractivity contribution in [3.05, 3.63) is 65.0 Å². The van der Waals surface area contributed by atoms with Crippen molar-refractivity contribution >= 4 is 16.7 Å². The summed E-state index contributed by atoms with van der Waals surface area (Å²) in [6.07, 6.45) is 2.78. The third-order valence-electron chi connectivity index (χ3n) is 5.50. The summed E-state index contributed by atoms with van der Waals surface area (Å²) in [5.74, 6) is 1.55. The number of H-pyrrole nitrogens is 1.